The number of aliphatic imine (C=N–C) groups is 1. The van der Waals surface area contributed by atoms with Crippen molar-refractivity contribution in [2.24, 2.45) is 4.99 Å². The minimum absolute atomic E-state index is 0.0994. The summed E-state index contributed by atoms with van der Waals surface area (Å²) in [7, 11) is 1.59. The van der Waals surface area contributed by atoms with Gasteiger partial charge in [0.05, 0.1) is 30.4 Å². The van der Waals surface area contributed by atoms with Crippen LogP contribution in [-0.4, -0.2) is 48.3 Å². The standard InChI is InChI=1S/C20H25N3O4S2/c1-12(2)27-19(25)17-13(3)22-20-23(18(17)15-6-5-9-28-15)14(11-29-20)10-16(24)21-7-8-26-4/h5-6,9,11-12,18H,7-8,10H2,1-4H3,(H,21,24). The fourth-order valence-corrected chi connectivity index (χ4v) is 4.93. The molecule has 1 aromatic rings. The zero-order chi connectivity index (χ0) is 21.0. The number of esters is 1. The van der Waals surface area contributed by atoms with Crippen molar-refractivity contribution in [3.63, 3.8) is 0 Å². The van der Waals surface area contributed by atoms with Gasteiger partial charge in [0.15, 0.2) is 5.17 Å². The van der Waals surface area contributed by atoms with E-state index in [1.165, 1.54) is 11.8 Å². The topological polar surface area (TPSA) is 80.2 Å². The Kier molecular flexibility index (Phi) is 7.15. The first-order valence-electron chi connectivity index (χ1n) is 9.36. The van der Waals surface area contributed by atoms with E-state index in [4.69, 9.17) is 9.47 Å². The summed E-state index contributed by atoms with van der Waals surface area (Å²) >= 11 is 3.03. The molecule has 1 N–H and O–H groups in total. The average molecular weight is 436 g/mol. The molecule has 0 radical (unpaired) electrons. The van der Waals surface area contributed by atoms with Gasteiger partial charge < -0.3 is 19.7 Å². The number of carbonyl (C=O) groups is 2. The number of allylic oxidation sites excluding steroid dienone is 1. The minimum atomic E-state index is -0.375. The van der Waals surface area contributed by atoms with Crippen LogP contribution in [0.3, 0.4) is 0 Å². The van der Waals surface area contributed by atoms with Gasteiger partial charge in [-0.05, 0) is 37.6 Å². The third kappa shape index (κ3) is 4.91. The molecule has 29 heavy (non-hydrogen) atoms. The van der Waals surface area contributed by atoms with Crippen LogP contribution in [-0.2, 0) is 19.1 Å². The highest BCUT2D eigenvalue weighted by atomic mass is 32.2. The predicted octanol–water partition coefficient (Wildman–Crippen LogP) is 3.43. The number of thiophene rings is 1. The van der Waals surface area contributed by atoms with Gasteiger partial charge in [-0.1, -0.05) is 17.8 Å². The van der Waals surface area contributed by atoms with Crippen molar-refractivity contribution in [1.82, 2.24) is 10.2 Å². The van der Waals surface area contributed by atoms with E-state index < -0.39 is 0 Å². The highest BCUT2D eigenvalue weighted by Gasteiger charge is 2.41. The largest absolute Gasteiger partial charge is 0.459 e. The lowest BCUT2D eigenvalue weighted by Crippen LogP contribution is -2.38. The number of ether oxygens (including phenoxy) is 2. The molecule has 0 saturated carbocycles. The molecule has 0 fully saturated rings. The number of thioether (sulfide) groups is 1. The molecule has 7 nitrogen and oxygen atoms in total. The molecule has 3 heterocycles. The van der Waals surface area contributed by atoms with Gasteiger partial charge in [0, 0.05) is 24.2 Å². The Labute approximate surface area is 178 Å². The summed E-state index contributed by atoms with van der Waals surface area (Å²) in [6.45, 7) is 6.40. The molecule has 1 amide bonds. The van der Waals surface area contributed by atoms with Gasteiger partial charge in [-0.3, -0.25) is 4.79 Å². The molecular formula is C20H25N3O4S2. The molecule has 0 spiro atoms. The van der Waals surface area contributed by atoms with Gasteiger partial charge in [-0.15, -0.1) is 11.3 Å². The van der Waals surface area contributed by atoms with Crippen molar-refractivity contribution in [1.29, 1.82) is 0 Å². The summed E-state index contributed by atoms with van der Waals surface area (Å²) in [6.07, 6.45) is -0.0323. The average Bonchev–Trinajstić information content (AvgIpc) is 3.30. The summed E-state index contributed by atoms with van der Waals surface area (Å²) in [5, 5.41) is 7.52. The second-order valence-electron chi connectivity index (χ2n) is 6.88. The maximum atomic E-state index is 12.9. The normalized spacial score (nSPS) is 18.5. The fraction of sp³-hybridized carbons (Fsp3) is 0.450. The van der Waals surface area contributed by atoms with Crippen LogP contribution in [0, 0.1) is 0 Å². The van der Waals surface area contributed by atoms with Crippen molar-refractivity contribution in [2.75, 3.05) is 20.3 Å². The smallest absolute Gasteiger partial charge is 0.338 e. The zero-order valence-corrected chi connectivity index (χ0v) is 18.6. The van der Waals surface area contributed by atoms with E-state index in [0.29, 0.717) is 24.4 Å². The van der Waals surface area contributed by atoms with E-state index in [1.807, 2.05) is 48.6 Å². The van der Waals surface area contributed by atoms with Gasteiger partial charge >= 0.3 is 5.97 Å². The Morgan fingerprint density at radius 3 is 2.83 bits per heavy atom. The lowest BCUT2D eigenvalue weighted by atomic mass is 9.99. The number of nitrogens with zero attached hydrogens (tertiary/aromatic N) is 2. The van der Waals surface area contributed by atoms with Gasteiger partial charge in [0.2, 0.25) is 5.91 Å². The first-order chi connectivity index (χ1) is 13.9. The van der Waals surface area contributed by atoms with Crippen molar-refractivity contribution in [3.8, 4) is 0 Å². The highest BCUT2D eigenvalue weighted by Crippen LogP contribution is 2.45. The van der Waals surface area contributed by atoms with E-state index in [9.17, 15) is 9.59 Å². The van der Waals surface area contributed by atoms with Crippen LogP contribution in [0.15, 0.2) is 44.9 Å². The second kappa shape index (κ2) is 9.60. The highest BCUT2D eigenvalue weighted by molar-refractivity contribution is 8.16. The second-order valence-corrected chi connectivity index (χ2v) is 8.70. The Morgan fingerprint density at radius 2 is 2.17 bits per heavy atom. The molecule has 0 saturated heterocycles. The molecule has 2 aliphatic rings. The summed E-state index contributed by atoms with van der Waals surface area (Å²) in [5.41, 5.74) is 1.97. The van der Waals surface area contributed by atoms with Crippen molar-refractivity contribution >= 4 is 40.1 Å². The molecule has 0 bridgehead atoms. The molecular weight excluding hydrogens is 410 g/mol. The summed E-state index contributed by atoms with van der Waals surface area (Å²) in [4.78, 5) is 32.9. The first-order valence-corrected chi connectivity index (χ1v) is 11.1. The zero-order valence-electron chi connectivity index (χ0n) is 16.9. The Bertz CT molecular complexity index is 859. The molecule has 0 aromatic carbocycles. The molecule has 1 atom stereocenters. The number of amidine groups is 1. The first kappa shape index (κ1) is 21.6. The summed E-state index contributed by atoms with van der Waals surface area (Å²) < 4.78 is 10.5. The number of hydrogen-bond acceptors (Lipinski definition) is 8. The van der Waals surface area contributed by atoms with Crippen molar-refractivity contribution < 1.29 is 19.1 Å². The monoisotopic (exact) mass is 435 g/mol. The Hall–Kier alpha value is -2.10. The quantitative estimate of drug-likeness (QED) is 0.498. The van der Waals surface area contributed by atoms with E-state index in [0.717, 1.165) is 15.7 Å². The molecule has 2 aliphatic heterocycles. The third-order valence-corrected chi connectivity index (χ3v) is 6.16. The molecule has 1 aromatic heterocycles. The van der Waals surface area contributed by atoms with Gasteiger partial charge in [-0.2, -0.15) is 0 Å². The van der Waals surface area contributed by atoms with Gasteiger partial charge in [-0.25, -0.2) is 9.79 Å². The Morgan fingerprint density at radius 1 is 1.38 bits per heavy atom. The molecule has 9 heteroatoms. The van der Waals surface area contributed by atoms with Crippen molar-refractivity contribution in [2.45, 2.75) is 39.3 Å². The lowest BCUT2D eigenvalue weighted by molar-refractivity contribution is -0.143. The van der Waals surface area contributed by atoms with E-state index in [2.05, 4.69) is 10.3 Å². The van der Waals surface area contributed by atoms with Gasteiger partial charge in [0.1, 0.15) is 6.04 Å². The van der Waals surface area contributed by atoms with Crippen LogP contribution in [0.1, 0.15) is 38.1 Å². The van der Waals surface area contributed by atoms with E-state index in [1.54, 1.807) is 18.4 Å². The lowest BCUT2D eigenvalue weighted by Gasteiger charge is -2.35. The third-order valence-electron chi connectivity index (χ3n) is 4.35. The maximum absolute atomic E-state index is 12.9. The van der Waals surface area contributed by atoms with Crippen molar-refractivity contribution in [3.05, 3.63) is 44.8 Å². The van der Waals surface area contributed by atoms with E-state index in [-0.39, 0.29) is 30.4 Å². The molecule has 156 valence electrons. The summed E-state index contributed by atoms with van der Waals surface area (Å²) in [5.74, 6) is -0.475. The molecule has 0 aliphatic carbocycles. The number of fused-ring (bicyclic) bond motifs is 1. The van der Waals surface area contributed by atoms with Crippen LogP contribution in [0.2, 0.25) is 0 Å². The fourth-order valence-electron chi connectivity index (χ4n) is 3.14. The van der Waals surface area contributed by atoms with Crippen LogP contribution in [0.4, 0.5) is 0 Å². The predicted molar refractivity (Wildman–Crippen MR) is 115 cm³/mol. The number of nitrogens with one attached hydrogen (secondary N) is 1. The number of carbonyl (C=O) groups excluding carboxylic acids is 2. The van der Waals surface area contributed by atoms with Crippen LogP contribution in [0.5, 0.6) is 0 Å². The molecule has 1 unspecified atom stereocenters. The van der Waals surface area contributed by atoms with Crippen LogP contribution in [0.25, 0.3) is 0 Å². The van der Waals surface area contributed by atoms with E-state index >= 15 is 0 Å². The number of hydrogen-bond donors (Lipinski definition) is 1. The summed E-state index contributed by atoms with van der Waals surface area (Å²) in [6, 6.07) is 3.59. The molecule has 3 rings (SSSR count). The number of methoxy groups -OCH3 is 1. The Balaban J connectivity index is 1.90. The number of rotatable bonds is 8. The van der Waals surface area contributed by atoms with Crippen LogP contribution < -0.4 is 5.32 Å². The maximum Gasteiger partial charge on any atom is 0.338 e. The van der Waals surface area contributed by atoms with Gasteiger partial charge in [0.25, 0.3) is 0 Å². The SMILES string of the molecule is COCCNC(=O)CC1=CSC2=NC(C)=C(C(=O)OC(C)C)C(c3cccs3)N12. The number of amides is 1. The van der Waals surface area contributed by atoms with Crippen LogP contribution >= 0.6 is 23.1 Å². The minimum Gasteiger partial charge on any atom is -0.459 e.